The molecule has 38 heavy (non-hydrogen) atoms. The zero-order chi connectivity index (χ0) is 28.5. The summed E-state index contributed by atoms with van der Waals surface area (Å²) in [7, 11) is -3.59. The molecular formula is C26H45N3O7Si2. The molecule has 0 saturated heterocycles. The lowest BCUT2D eigenvalue weighted by Gasteiger charge is -2.38. The number of nitro benzene ring substituents is 1. The van der Waals surface area contributed by atoms with Gasteiger partial charge in [-0.3, -0.25) is 10.1 Å². The van der Waals surface area contributed by atoms with E-state index in [4.69, 9.17) is 9.16 Å². The molecule has 0 unspecified atom stereocenters. The van der Waals surface area contributed by atoms with Gasteiger partial charge in [-0.25, -0.2) is 9.59 Å². The number of carbonyl (C=O) groups is 2. The first-order valence-corrected chi connectivity index (χ1v) is 20.6. The lowest BCUT2D eigenvalue weighted by atomic mass is 9.83. The number of amides is 2. The molecule has 1 saturated carbocycles. The minimum atomic E-state index is -2.12. The summed E-state index contributed by atoms with van der Waals surface area (Å²) >= 11 is 0. The number of carboxylic acid groups (broad SMARTS) is 1. The minimum absolute atomic E-state index is 0.0939. The summed E-state index contributed by atoms with van der Waals surface area (Å²) in [5.74, 6) is 0.593. The van der Waals surface area contributed by atoms with Crippen LogP contribution < -0.4 is 10.1 Å². The van der Waals surface area contributed by atoms with Crippen LogP contribution in [0.1, 0.15) is 38.5 Å². The van der Waals surface area contributed by atoms with E-state index in [1.165, 1.54) is 35.6 Å². The first-order chi connectivity index (χ1) is 17.6. The molecule has 1 aliphatic rings. The Morgan fingerprint density at radius 3 is 2.21 bits per heavy atom. The SMILES string of the molecule is C[Si](C)(C)CCN(C[C@H](O[Si](C)(C)C)[C@H](CC1CCCCC1)NC(=O)Oc1ccc([N+](=O)[O-])cc1)C(=O)O. The van der Waals surface area contributed by atoms with Gasteiger partial charge in [0.15, 0.2) is 8.32 Å². The number of nitrogens with one attached hydrogen (secondary N) is 1. The van der Waals surface area contributed by atoms with E-state index in [0.717, 1.165) is 31.7 Å². The van der Waals surface area contributed by atoms with E-state index in [9.17, 15) is 24.8 Å². The Morgan fingerprint density at radius 2 is 1.71 bits per heavy atom. The van der Waals surface area contributed by atoms with Crippen molar-refractivity contribution in [3.05, 3.63) is 34.4 Å². The molecule has 0 spiro atoms. The Morgan fingerprint density at radius 1 is 1.11 bits per heavy atom. The third-order valence-corrected chi connectivity index (χ3v) is 9.36. The summed E-state index contributed by atoms with van der Waals surface area (Å²) in [5, 5.41) is 23.9. The first-order valence-electron chi connectivity index (χ1n) is 13.5. The molecule has 0 heterocycles. The zero-order valence-corrected chi connectivity index (χ0v) is 25.7. The van der Waals surface area contributed by atoms with Gasteiger partial charge < -0.3 is 24.5 Å². The second kappa shape index (κ2) is 14.1. The van der Waals surface area contributed by atoms with Crippen LogP contribution >= 0.6 is 0 Å². The highest BCUT2D eigenvalue weighted by Crippen LogP contribution is 2.29. The van der Waals surface area contributed by atoms with Gasteiger partial charge in [0, 0.05) is 26.8 Å². The molecule has 0 aromatic heterocycles. The maximum atomic E-state index is 13.0. The van der Waals surface area contributed by atoms with E-state index in [0.29, 0.717) is 18.9 Å². The molecule has 2 N–H and O–H groups in total. The summed E-state index contributed by atoms with van der Waals surface area (Å²) in [4.78, 5) is 37.0. The van der Waals surface area contributed by atoms with Gasteiger partial charge in [-0.05, 0) is 50.2 Å². The predicted octanol–water partition coefficient (Wildman–Crippen LogP) is 6.56. The van der Waals surface area contributed by atoms with Gasteiger partial charge in [0.1, 0.15) is 5.75 Å². The highest BCUT2D eigenvalue weighted by atomic mass is 28.4. The smallest absolute Gasteiger partial charge is 0.412 e. The number of hydrogen-bond acceptors (Lipinski definition) is 6. The topological polar surface area (TPSA) is 131 Å². The number of carbonyl (C=O) groups excluding carboxylic acids is 1. The molecule has 0 bridgehead atoms. The van der Waals surface area contributed by atoms with Crippen molar-refractivity contribution in [3.63, 3.8) is 0 Å². The Kier molecular flexibility index (Phi) is 11.8. The van der Waals surface area contributed by atoms with Crippen LogP contribution in [-0.2, 0) is 4.43 Å². The number of rotatable bonds is 13. The Balaban J connectivity index is 2.27. The van der Waals surface area contributed by atoms with Gasteiger partial charge >= 0.3 is 12.2 Å². The van der Waals surface area contributed by atoms with E-state index in [1.807, 2.05) is 0 Å². The minimum Gasteiger partial charge on any atom is -0.465 e. The van der Waals surface area contributed by atoms with Crippen molar-refractivity contribution in [2.24, 2.45) is 5.92 Å². The molecule has 0 radical (unpaired) electrons. The van der Waals surface area contributed by atoms with Crippen molar-refractivity contribution in [2.75, 3.05) is 13.1 Å². The normalized spacial score (nSPS) is 16.4. The molecule has 1 fully saturated rings. The van der Waals surface area contributed by atoms with Crippen LogP contribution in [-0.4, -0.2) is 68.7 Å². The van der Waals surface area contributed by atoms with Gasteiger partial charge in [-0.2, -0.15) is 0 Å². The molecule has 12 heteroatoms. The fourth-order valence-corrected chi connectivity index (χ4v) is 6.75. The Bertz CT molecular complexity index is 926. The molecule has 1 aromatic rings. The Hall–Kier alpha value is -2.45. The van der Waals surface area contributed by atoms with Crippen molar-refractivity contribution in [1.82, 2.24) is 10.2 Å². The standard InChI is InChI=1S/C26H45N3O7Si2/c1-37(2,3)17-16-28(26(31)32)19-24(36-38(4,5)6)23(18-20-10-8-7-9-11-20)27-25(30)35-22-14-12-21(13-15-22)29(33)34/h12-15,20,23-24H,7-11,16-19H2,1-6H3,(H,27,30)(H,31,32)/t23-,24-/m0/s1. The van der Waals surface area contributed by atoms with E-state index in [-0.39, 0.29) is 18.0 Å². The average Bonchev–Trinajstić information content (AvgIpc) is 2.80. The van der Waals surface area contributed by atoms with Gasteiger partial charge in [0.2, 0.25) is 0 Å². The van der Waals surface area contributed by atoms with Crippen LogP contribution in [0.3, 0.4) is 0 Å². The van der Waals surface area contributed by atoms with Gasteiger partial charge in [-0.15, -0.1) is 0 Å². The number of nitrogens with zero attached hydrogens (tertiary/aromatic N) is 2. The number of hydrogen-bond donors (Lipinski definition) is 2. The number of benzene rings is 1. The van der Waals surface area contributed by atoms with Gasteiger partial charge in [-0.1, -0.05) is 51.7 Å². The van der Waals surface area contributed by atoms with E-state index in [1.54, 1.807) is 0 Å². The molecule has 2 amide bonds. The molecular weight excluding hydrogens is 522 g/mol. The molecule has 1 aromatic carbocycles. The monoisotopic (exact) mass is 567 g/mol. The average molecular weight is 568 g/mol. The zero-order valence-electron chi connectivity index (χ0n) is 23.7. The predicted molar refractivity (Wildman–Crippen MR) is 153 cm³/mol. The van der Waals surface area contributed by atoms with Crippen LogP contribution in [0.4, 0.5) is 15.3 Å². The maximum absolute atomic E-state index is 13.0. The molecule has 10 nitrogen and oxygen atoms in total. The number of nitro groups is 1. The van der Waals surface area contributed by atoms with Gasteiger partial charge in [0.25, 0.3) is 5.69 Å². The highest BCUT2D eigenvalue weighted by molar-refractivity contribution is 6.76. The Labute approximate surface area is 228 Å². The van der Waals surface area contributed by atoms with Crippen LogP contribution in [0.5, 0.6) is 5.75 Å². The fourth-order valence-electron chi connectivity index (χ4n) is 4.66. The molecule has 2 rings (SSSR count). The van der Waals surface area contributed by atoms with Crippen molar-refractivity contribution >= 4 is 34.3 Å². The lowest BCUT2D eigenvalue weighted by molar-refractivity contribution is -0.384. The largest absolute Gasteiger partial charge is 0.465 e. The van der Waals surface area contributed by atoms with Crippen molar-refractivity contribution in [2.45, 2.75) is 96.0 Å². The maximum Gasteiger partial charge on any atom is 0.412 e. The van der Waals surface area contributed by atoms with Crippen molar-refractivity contribution in [1.29, 1.82) is 0 Å². The van der Waals surface area contributed by atoms with Crippen LogP contribution in [0.25, 0.3) is 0 Å². The van der Waals surface area contributed by atoms with Gasteiger partial charge in [0.05, 0.1) is 23.6 Å². The molecule has 1 aliphatic carbocycles. The van der Waals surface area contributed by atoms with Crippen molar-refractivity contribution in [3.8, 4) is 5.75 Å². The summed E-state index contributed by atoms with van der Waals surface area (Å²) in [5.41, 5.74) is -0.0939. The third kappa shape index (κ3) is 11.9. The fraction of sp³-hybridized carbons (Fsp3) is 0.692. The quantitative estimate of drug-likeness (QED) is 0.157. The van der Waals surface area contributed by atoms with E-state index in [2.05, 4.69) is 44.6 Å². The summed E-state index contributed by atoms with van der Waals surface area (Å²) in [6, 6.07) is 5.72. The summed E-state index contributed by atoms with van der Waals surface area (Å²) in [6.07, 6.45) is 4.08. The third-order valence-electron chi connectivity index (χ3n) is 6.63. The van der Waals surface area contributed by atoms with Crippen LogP contribution in [0.15, 0.2) is 24.3 Å². The number of ether oxygens (including phenoxy) is 1. The second-order valence-corrected chi connectivity index (χ2v) is 22.5. The number of non-ortho nitro benzene ring substituents is 1. The van der Waals surface area contributed by atoms with Crippen LogP contribution in [0, 0.1) is 16.0 Å². The van der Waals surface area contributed by atoms with Crippen molar-refractivity contribution < 1.29 is 28.8 Å². The lowest BCUT2D eigenvalue weighted by Crippen LogP contribution is -2.55. The molecule has 0 aliphatic heterocycles. The van der Waals surface area contributed by atoms with Crippen LogP contribution in [0.2, 0.25) is 45.3 Å². The molecule has 2 atom stereocenters. The molecule has 214 valence electrons. The first kappa shape index (κ1) is 31.8. The van der Waals surface area contributed by atoms with E-state index < -0.39 is 45.6 Å². The van der Waals surface area contributed by atoms with E-state index >= 15 is 0 Å². The summed E-state index contributed by atoms with van der Waals surface area (Å²) in [6.45, 7) is 13.4. The summed E-state index contributed by atoms with van der Waals surface area (Å²) < 4.78 is 12.0. The second-order valence-electron chi connectivity index (χ2n) is 12.4. The highest BCUT2D eigenvalue weighted by Gasteiger charge is 2.34.